The van der Waals surface area contributed by atoms with Crippen LogP contribution in [-0.4, -0.2) is 28.5 Å². The maximum Gasteiger partial charge on any atom is 0.304 e. The second-order valence-electron chi connectivity index (χ2n) is 7.71. The van der Waals surface area contributed by atoms with Crippen molar-refractivity contribution in [1.82, 2.24) is 4.98 Å². The monoisotopic (exact) mass is 430 g/mol. The molecule has 2 aromatic rings. The van der Waals surface area contributed by atoms with Gasteiger partial charge in [0.1, 0.15) is 0 Å². The minimum atomic E-state index is -0.923. The molecular formula is C22H23ClN2O3S. The molecule has 1 saturated carbocycles. The number of hydrogen-bond acceptors (Lipinski definition) is 4. The van der Waals surface area contributed by atoms with Crippen molar-refractivity contribution in [2.24, 2.45) is 17.8 Å². The molecule has 1 aromatic heterocycles. The Bertz CT molecular complexity index is 938. The zero-order valence-electron chi connectivity index (χ0n) is 16.0. The molecule has 1 N–H and O–H groups in total. The standard InChI is InChI=1S/C22H23ClN2O3S/c23-18-10-2-1-9-16(18)19-13-29-22(24-19)25-11-4-3-8-15(14-6-5-7-14)17(21(25)28)12-20(26)27/h1-4,9-10,13-15,17H,5-8,11-12H2,(H,26,27)/b4-3-/t15-,17+/m1/s1. The summed E-state index contributed by atoms with van der Waals surface area (Å²) in [4.78, 5) is 31.3. The van der Waals surface area contributed by atoms with Gasteiger partial charge in [0.25, 0.3) is 0 Å². The van der Waals surface area contributed by atoms with Crippen LogP contribution in [0.4, 0.5) is 5.13 Å². The summed E-state index contributed by atoms with van der Waals surface area (Å²) >= 11 is 7.68. The lowest BCUT2D eigenvalue weighted by atomic mass is 9.67. The average Bonchev–Trinajstić information content (AvgIpc) is 3.12. The molecular weight excluding hydrogens is 408 g/mol. The maximum atomic E-state index is 13.5. The Hall–Kier alpha value is -2.18. The van der Waals surface area contributed by atoms with Gasteiger partial charge in [-0.2, -0.15) is 0 Å². The Kier molecular flexibility index (Phi) is 6.01. The number of carbonyl (C=O) groups is 2. The van der Waals surface area contributed by atoms with Crippen molar-refractivity contribution < 1.29 is 14.7 Å². The third kappa shape index (κ3) is 4.23. The van der Waals surface area contributed by atoms with E-state index in [9.17, 15) is 14.7 Å². The fourth-order valence-corrected chi connectivity index (χ4v) is 5.31. The molecule has 0 radical (unpaired) electrons. The van der Waals surface area contributed by atoms with E-state index >= 15 is 0 Å². The Morgan fingerprint density at radius 3 is 2.76 bits per heavy atom. The molecule has 29 heavy (non-hydrogen) atoms. The van der Waals surface area contributed by atoms with Crippen molar-refractivity contribution in [1.29, 1.82) is 0 Å². The number of allylic oxidation sites excluding steroid dienone is 1. The van der Waals surface area contributed by atoms with Crippen molar-refractivity contribution >= 4 is 39.9 Å². The van der Waals surface area contributed by atoms with Gasteiger partial charge in [-0.1, -0.05) is 61.2 Å². The van der Waals surface area contributed by atoms with Gasteiger partial charge in [0.05, 0.1) is 18.0 Å². The molecule has 4 rings (SSSR count). The Morgan fingerprint density at radius 2 is 2.07 bits per heavy atom. The van der Waals surface area contributed by atoms with Crippen LogP contribution >= 0.6 is 22.9 Å². The van der Waals surface area contributed by atoms with Crippen molar-refractivity contribution in [2.45, 2.75) is 32.1 Å². The molecule has 0 bridgehead atoms. The zero-order chi connectivity index (χ0) is 20.4. The number of carboxylic acid groups (broad SMARTS) is 1. The molecule has 1 aliphatic heterocycles. The lowest BCUT2D eigenvalue weighted by Crippen LogP contribution is -2.44. The maximum absolute atomic E-state index is 13.5. The summed E-state index contributed by atoms with van der Waals surface area (Å²) in [6.07, 6.45) is 8.05. The second kappa shape index (κ2) is 8.67. The van der Waals surface area contributed by atoms with Crippen molar-refractivity contribution in [3.05, 3.63) is 46.8 Å². The number of thiazole rings is 1. The highest BCUT2D eigenvalue weighted by Crippen LogP contribution is 2.42. The van der Waals surface area contributed by atoms with E-state index in [1.165, 1.54) is 11.3 Å². The van der Waals surface area contributed by atoms with Gasteiger partial charge in [-0.3, -0.25) is 14.5 Å². The second-order valence-corrected chi connectivity index (χ2v) is 8.95. The Balaban J connectivity index is 1.65. The van der Waals surface area contributed by atoms with Gasteiger partial charge >= 0.3 is 5.97 Å². The number of anilines is 1. The Morgan fingerprint density at radius 1 is 1.28 bits per heavy atom. The summed E-state index contributed by atoms with van der Waals surface area (Å²) in [7, 11) is 0. The highest BCUT2D eigenvalue weighted by atomic mass is 35.5. The summed E-state index contributed by atoms with van der Waals surface area (Å²) < 4.78 is 0. The normalized spacial score (nSPS) is 23.9. The molecule has 2 heterocycles. The van der Waals surface area contributed by atoms with Crippen LogP contribution in [0.25, 0.3) is 11.3 Å². The molecule has 1 aliphatic carbocycles. The van der Waals surface area contributed by atoms with E-state index in [0.29, 0.717) is 22.6 Å². The highest BCUT2D eigenvalue weighted by molar-refractivity contribution is 7.14. The lowest BCUT2D eigenvalue weighted by Gasteiger charge is -2.39. The molecule has 7 heteroatoms. The topological polar surface area (TPSA) is 70.5 Å². The van der Waals surface area contributed by atoms with Gasteiger partial charge in [0.2, 0.25) is 5.91 Å². The first-order valence-corrected chi connectivity index (χ1v) is 11.2. The molecule has 5 nitrogen and oxygen atoms in total. The van der Waals surface area contributed by atoms with E-state index in [2.05, 4.69) is 11.1 Å². The summed E-state index contributed by atoms with van der Waals surface area (Å²) in [5.74, 6) is -1.06. The first-order valence-electron chi connectivity index (χ1n) is 9.93. The number of nitrogens with zero attached hydrogens (tertiary/aromatic N) is 2. The van der Waals surface area contributed by atoms with Gasteiger partial charge in [0.15, 0.2) is 5.13 Å². The van der Waals surface area contributed by atoms with Crippen LogP contribution in [0.5, 0.6) is 0 Å². The fourth-order valence-electron chi connectivity index (χ4n) is 4.24. The first-order chi connectivity index (χ1) is 14.0. The van der Waals surface area contributed by atoms with E-state index in [1.807, 2.05) is 35.7 Å². The van der Waals surface area contributed by atoms with Crippen LogP contribution in [0.3, 0.4) is 0 Å². The van der Waals surface area contributed by atoms with Gasteiger partial charge < -0.3 is 5.11 Å². The summed E-state index contributed by atoms with van der Waals surface area (Å²) in [6, 6.07) is 7.47. The fraction of sp³-hybridized carbons (Fsp3) is 0.409. The van der Waals surface area contributed by atoms with Gasteiger partial charge in [-0.25, -0.2) is 4.98 Å². The first kappa shape index (κ1) is 20.1. The van der Waals surface area contributed by atoms with Crippen LogP contribution < -0.4 is 4.90 Å². The summed E-state index contributed by atoms with van der Waals surface area (Å²) in [6.45, 7) is 0.405. The molecule has 1 fully saturated rings. The van der Waals surface area contributed by atoms with Crippen LogP contribution in [0.1, 0.15) is 32.1 Å². The molecule has 0 unspecified atom stereocenters. The highest BCUT2D eigenvalue weighted by Gasteiger charge is 2.40. The van der Waals surface area contributed by atoms with Crippen LogP contribution in [-0.2, 0) is 9.59 Å². The summed E-state index contributed by atoms with van der Waals surface area (Å²) in [5.41, 5.74) is 1.54. The number of carboxylic acids is 1. The van der Waals surface area contributed by atoms with Gasteiger partial charge in [-0.05, 0) is 24.3 Å². The van der Waals surface area contributed by atoms with E-state index in [4.69, 9.17) is 11.6 Å². The molecule has 2 atom stereocenters. The zero-order valence-corrected chi connectivity index (χ0v) is 17.5. The number of carbonyl (C=O) groups excluding carboxylic acids is 1. The molecule has 1 amide bonds. The van der Waals surface area contributed by atoms with E-state index in [1.54, 1.807) is 4.90 Å². The van der Waals surface area contributed by atoms with Crippen molar-refractivity contribution in [3.63, 3.8) is 0 Å². The quantitative estimate of drug-likeness (QED) is 0.656. The van der Waals surface area contributed by atoms with Crippen LogP contribution in [0.15, 0.2) is 41.8 Å². The lowest BCUT2D eigenvalue weighted by molar-refractivity contribution is -0.142. The predicted octanol–water partition coefficient (Wildman–Crippen LogP) is 5.26. The number of aliphatic carboxylic acids is 1. The van der Waals surface area contributed by atoms with Gasteiger partial charge in [0, 0.05) is 22.5 Å². The minimum Gasteiger partial charge on any atom is -0.481 e. The SMILES string of the molecule is O=C(O)C[C@@H]1C(=O)N(c2nc(-c3ccccc3Cl)cs2)C/C=C\C[C@@H]1C1CCC1. The third-order valence-corrected chi connectivity index (χ3v) is 7.18. The average molecular weight is 431 g/mol. The molecule has 1 aromatic carbocycles. The van der Waals surface area contributed by atoms with E-state index in [-0.39, 0.29) is 18.2 Å². The number of benzene rings is 1. The number of hydrogen-bond donors (Lipinski definition) is 1. The van der Waals surface area contributed by atoms with Crippen molar-refractivity contribution in [2.75, 3.05) is 11.4 Å². The number of amides is 1. The minimum absolute atomic E-state index is 0.0781. The number of aromatic nitrogens is 1. The van der Waals surface area contributed by atoms with Crippen LogP contribution in [0, 0.1) is 17.8 Å². The summed E-state index contributed by atoms with van der Waals surface area (Å²) in [5, 5.41) is 12.5. The molecule has 0 saturated heterocycles. The van der Waals surface area contributed by atoms with Gasteiger partial charge in [-0.15, -0.1) is 11.3 Å². The van der Waals surface area contributed by atoms with Crippen LogP contribution in [0.2, 0.25) is 5.02 Å². The molecule has 152 valence electrons. The molecule has 0 spiro atoms. The van der Waals surface area contributed by atoms with E-state index < -0.39 is 11.9 Å². The number of halogens is 1. The largest absolute Gasteiger partial charge is 0.481 e. The van der Waals surface area contributed by atoms with Crippen molar-refractivity contribution in [3.8, 4) is 11.3 Å². The Labute approximate surface area is 179 Å². The van der Waals surface area contributed by atoms with E-state index in [0.717, 1.165) is 36.9 Å². The third-order valence-electron chi connectivity index (χ3n) is 5.99. The number of rotatable bonds is 5. The molecule has 2 aliphatic rings. The predicted molar refractivity (Wildman–Crippen MR) is 115 cm³/mol. The smallest absolute Gasteiger partial charge is 0.304 e.